The summed E-state index contributed by atoms with van der Waals surface area (Å²) >= 11 is 0. The summed E-state index contributed by atoms with van der Waals surface area (Å²) in [7, 11) is 1.58. The quantitative estimate of drug-likeness (QED) is 0.397. The molecule has 0 bridgehead atoms. The predicted octanol–water partition coefficient (Wildman–Crippen LogP) is 3.86. The summed E-state index contributed by atoms with van der Waals surface area (Å²) in [6.07, 6.45) is 7.72. The van der Waals surface area contributed by atoms with Crippen LogP contribution in [0.4, 0.5) is 17.2 Å². The van der Waals surface area contributed by atoms with Crippen LogP contribution in [0.25, 0.3) is 11.1 Å². The van der Waals surface area contributed by atoms with Crippen molar-refractivity contribution in [3.05, 3.63) is 48.4 Å². The van der Waals surface area contributed by atoms with Gasteiger partial charge in [-0.2, -0.15) is 5.10 Å². The van der Waals surface area contributed by atoms with Crippen molar-refractivity contribution in [3.63, 3.8) is 0 Å². The van der Waals surface area contributed by atoms with Crippen LogP contribution in [0, 0.1) is 11.3 Å². The molecule has 1 saturated heterocycles. The van der Waals surface area contributed by atoms with Gasteiger partial charge in [-0.25, -0.2) is 4.98 Å². The molecule has 3 fully saturated rings. The lowest BCUT2D eigenvalue weighted by molar-refractivity contribution is -0.242. The number of nitrogens with two attached hydrogens (primary N) is 1. The number of nitrogens with zero attached hydrogens (tertiary/aromatic N) is 3. The van der Waals surface area contributed by atoms with Crippen molar-refractivity contribution in [1.82, 2.24) is 14.8 Å². The minimum atomic E-state index is -0.645. The molecule has 11 heteroatoms. The summed E-state index contributed by atoms with van der Waals surface area (Å²) < 4.78 is 19.5. The molecule has 6 rings (SSSR count). The molecule has 1 aromatic carbocycles. The van der Waals surface area contributed by atoms with E-state index in [-0.39, 0.29) is 28.8 Å². The third-order valence-electron chi connectivity index (χ3n) is 8.02. The summed E-state index contributed by atoms with van der Waals surface area (Å²) in [5, 5.41) is 10.7. The summed E-state index contributed by atoms with van der Waals surface area (Å²) in [6, 6.07) is 7.29. The number of pyridine rings is 1. The molecule has 11 nitrogen and oxygen atoms in total. The fraction of sp³-hybridized carbons (Fsp3) is 0.429. The maximum Gasteiger partial charge on any atom is 0.252 e. The zero-order valence-corrected chi connectivity index (χ0v) is 22.2. The number of rotatable bonds is 8. The molecule has 2 aliphatic carbocycles. The van der Waals surface area contributed by atoms with E-state index in [9.17, 15) is 9.59 Å². The molecule has 1 aliphatic heterocycles. The van der Waals surface area contributed by atoms with Crippen molar-refractivity contribution >= 4 is 29.0 Å². The highest BCUT2D eigenvalue weighted by molar-refractivity contribution is 6.01. The minimum absolute atomic E-state index is 0.0176. The molecule has 39 heavy (non-hydrogen) atoms. The highest BCUT2D eigenvalue weighted by Crippen LogP contribution is 2.52. The fourth-order valence-electron chi connectivity index (χ4n) is 5.48. The maximum absolute atomic E-state index is 12.6. The third-order valence-corrected chi connectivity index (χ3v) is 8.02. The first kappa shape index (κ1) is 25.3. The zero-order chi connectivity index (χ0) is 27.4. The van der Waals surface area contributed by atoms with Gasteiger partial charge in [-0.3, -0.25) is 14.3 Å². The average molecular weight is 533 g/mol. The molecule has 0 radical (unpaired) electrons. The lowest BCUT2D eigenvalue weighted by atomic mass is 9.85. The molecule has 3 aliphatic rings. The van der Waals surface area contributed by atoms with Gasteiger partial charge in [0.2, 0.25) is 5.91 Å². The second-order valence-electron chi connectivity index (χ2n) is 11.0. The molecule has 2 atom stereocenters. The van der Waals surface area contributed by atoms with Crippen LogP contribution >= 0.6 is 0 Å². The molecule has 3 heterocycles. The molecule has 204 valence electrons. The molecule has 2 saturated carbocycles. The van der Waals surface area contributed by atoms with E-state index in [1.54, 1.807) is 19.4 Å². The Morgan fingerprint density at radius 1 is 1.18 bits per heavy atom. The number of benzene rings is 1. The van der Waals surface area contributed by atoms with Gasteiger partial charge < -0.3 is 30.6 Å². The first-order chi connectivity index (χ1) is 18.7. The number of methoxy groups -OCH3 is 1. The number of nitrogens with one attached hydrogen (secondary N) is 2. The SMILES string of the molecule is COc1c(Nc2cc(NC(=O)[C@H]3CC3(C)C)ncc2C(N)=O)cccc1-c1cnn([C@@H]2CCC23OCCO3)c1. The Morgan fingerprint density at radius 2 is 1.95 bits per heavy atom. The van der Waals surface area contributed by atoms with E-state index in [1.165, 1.54) is 6.20 Å². The normalized spacial score (nSPS) is 22.2. The predicted molar refractivity (Wildman–Crippen MR) is 144 cm³/mol. The number of anilines is 3. The topological polar surface area (TPSA) is 143 Å². The first-order valence-corrected chi connectivity index (χ1v) is 13.1. The third kappa shape index (κ3) is 4.51. The van der Waals surface area contributed by atoms with Crippen molar-refractivity contribution in [1.29, 1.82) is 0 Å². The highest BCUT2D eigenvalue weighted by atomic mass is 16.7. The van der Waals surface area contributed by atoms with Gasteiger partial charge in [-0.05, 0) is 24.3 Å². The minimum Gasteiger partial charge on any atom is -0.494 e. The van der Waals surface area contributed by atoms with Crippen molar-refractivity contribution in [2.24, 2.45) is 17.1 Å². The first-order valence-electron chi connectivity index (χ1n) is 13.1. The van der Waals surface area contributed by atoms with Gasteiger partial charge in [0, 0.05) is 41.9 Å². The molecule has 0 unspecified atom stereocenters. The number of hydrogen-bond donors (Lipinski definition) is 3. The smallest absolute Gasteiger partial charge is 0.252 e. The lowest BCUT2D eigenvalue weighted by Gasteiger charge is -2.44. The number of primary amides is 1. The van der Waals surface area contributed by atoms with Crippen molar-refractivity contribution in [3.8, 4) is 16.9 Å². The molecule has 3 aromatic rings. The van der Waals surface area contributed by atoms with Crippen LogP contribution < -0.4 is 21.1 Å². The van der Waals surface area contributed by atoms with Gasteiger partial charge in [-0.15, -0.1) is 0 Å². The second-order valence-corrected chi connectivity index (χ2v) is 11.0. The van der Waals surface area contributed by atoms with Gasteiger partial charge in [0.05, 0.1) is 43.5 Å². The van der Waals surface area contributed by atoms with Crippen LogP contribution in [0.2, 0.25) is 0 Å². The Balaban J connectivity index is 1.28. The van der Waals surface area contributed by atoms with Gasteiger partial charge in [-0.1, -0.05) is 26.0 Å². The van der Waals surface area contributed by atoms with Crippen LogP contribution in [0.3, 0.4) is 0 Å². The van der Waals surface area contributed by atoms with Crippen molar-refractivity contribution in [2.45, 2.75) is 44.9 Å². The molecular weight excluding hydrogens is 500 g/mol. The van der Waals surface area contributed by atoms with Crippen LogP contribution in [-0.4, -0.2) is 52.7 Å². The Labute approximate surface area is 226 Å². The number of carbonyl (C=O) groups excluding carboxylic acids is 2. The van der Waals surface area contributed by atoms with E-state index >= 15 is 0 Å². The molecule has 2 amide bonds. The highest BCUT2D eigenvalue weighted by Gasteiger charge is 2.53. The van der Waals surface area contributed by atoms with Gasteiger partial charge in [0.15, 0.2) is 5.79 Å². The van der Waals surface area contributed by atoms with E-state index < -0.39 is 11.7 Å². The Morgan fingerprint density at radius 3 is 2.59 bits per heavy atom. The average Bonchev–Trinajstić information content (AvgIpc) is 3.28. The van der Waals surface area contributed by atoms with E-state index in [2.05, 4.69) is 34.6 Å². The monoisotopic (exact) mass is 532 g/mol. The Hall–Kier alpha value is -3.96. The summed E-state index contributed by atoms with van der Waals surface area (Å²) in [4.78, 5) is 29.1. The van der Waals surface area contributed by atoms with Crippen molar-refractivity contribution < 1.29 is 23.8 Å². The van der Waals surface area contributed by atoms with Gasteiger partial charge >= 0.3 is 0 Å². The standard InChI is InChI=1S/C28H32N6O5/c1-27(2)12-19(27)26(36)33-23-11-21(18(14-30-23)25(29)35)32-20-6-4-5-17(24(20)37-3)16-13-31-34(15-16)22-7-8-28(22)38-9-10-39-28/h4-6,11,13-15,19,22H,7-10,12H2,1-3H3,(H2,29,35)(H2,30,32,33,36)/t19-,22-/m1/s1. The van der Waals surface area contributed by atoms with Crippen LogP contribution in [0.5, 0.6) is 5.75 Å². The summed E-state index contributed by atoms with van der Waals surface area (Å²) in [6.45, 7) is 5.30. The lowest BCUT2D eigenvalue weighted by Crippen LogP contribution is -2.49. The van der Waals surface area contributed by atoms with Crippen LogP contribution in [-0.2, 0) is 14.3 Å². The second kappa shape index (κ2) is 9.35. The van der Waals surface area contributed by atoms with Gasteiger partial charge in [0.25, 0.3) is 5.91 Å². The maximum atomic E-state index is 12.6. The number of carbonyl (C=O) groups is 2. The Bertz CT molecular complexity index is 1440. The van der Waals surface area contributed by atoms with E-state index in [0.29, 0.717) is 36.2 Å². The number of aromatic nitrogens is 3. The van der Waals surface area contributed by atoms with E-state index in [0.717, 1.165) is 30.4 Å². The number of ether oxygens (including phenoxy) is 3. The van der Waals surface area contributed by atoms with Crippen LogP contribution in [0.1, 0.15) is 49.5 Å². The molecule has 1 spiro atoms. The van der Waals surface area contributed by atoms with Gasteiger partial charge in [0.1, 0.15) is 17.6 Å². The fourth-order valence-corrected chi connectivity index (χ4v) is 5.48. The molecule has 4 N–H and O–H groups in total. The van der Waals surface area contributed by atoms with E-state index in [1.807, 2.05) is 29.1 Å². The van der Waals surface area contributed by atoms with E-state index in [4.69, 9.17) is 19.9 Å². The van der Waals surface area contributed by atoms with Crippen LogP contribution in [0.15, 0.2) is 42.9 Å². The number of para-hydroxylation sites is 1. The molecule has 2 aromatic heterocycles. The summed E-state index contributed by atoms with van der Waals surface area (Å²) in [5.41, 5.74) is 8.49. The Kier molecular flexibility index (Phi) is 6.07. The number of amides is 2. The zero-order valence-electron chi connectivity index (χ0n) is 22.2. The summed E-state index contributed by atoms with van der Waals surface area (Å²) in [5.74, 6) is -0.488. The number of hydrogen-bond acceptors (Lipinski definition) is 8. The molecular formula is C28H32N6O5. The largest absolute Gasteiger partial charge is 0.494 e. The van der Waals surface area contributed by atoms with Crippen molar-refractivity contribution in [2.75, 3.05) is 31.0 Å².